The van der Waals surface area contributed by atoms with E-state index in [0.717, 1.165) is 55.9 Å². The molecule has 118 valence electrons. The molecule has 1 aliphatic carbocycles. The van der Waals surface area contributed by atoms with E-state index < -0.39 is 0 Å². The summed E-state index contributed by atoms with van der Waals surface area (Å²) in [5.41, 5.74) is 1.18. The molecule has 21 heavy (non-hydrogen) atoms. The van der Waals surface area contributed by atoms with Gasteiger partial charge in [0.2, 0.25) is 0 Å². The van der Waals surface area contributed by atoms with Crippen molar-refractivity contribution in [3.63, 3.8) is 0 Å². The van der Waals surface area contributed by atoms with Gasteiger partial charge in [0, 0.05) is 55.4 Å². The van der Waals surface area contributed by atoms with Crippen molar-refractivity contribution in [1.29, 1.82) is 0 Å². The zero-order valence-electron chi connectivity index (χ0n) is 12.2. The highest BCUT2D eigenvalue weighted by molar-refractivity contribution is 6.32. The van der Waals surface area contributed by atoms with Gasteiger partial charge in [0.25, 0.3) is 0 Å². The lowest BCUT2D eigenvalue weighted by Gasteiger charge is -2.27. The Morgan fingerprint density at radius 2 is 2.10 bits per heavy atom. The first-order chi connectivity index (χ1) is 10.1. The van der Waals surface area contributed by atoms with E-state index in [1.165, 1.54) is 5.57 Å². The molecule has 2 rings (SSSR count). The van der Waals surface area contributed by atoms with Gasteiger partial charge in [-0.25, -0.2) is 0 Å². The van der Waals surface area contributed by atoms with Crippen LogP contribution in [0.2, 0.25) is 0 Å². The molecular formula is C15H23Cl2N3O. The van der Waals surface area contributed by atoms with E-state index in [2.05, 4.69) is 22.1 Å². The largest absolute Gasteiger partial charge is 0.379 e. The van der Waals surface area contributed by atoms with Gasteiger partial charge in [0.05, 0.1) is 13.2 Å². The standard InChI is InChI=1S/C15H23Cl2N3O/c1-12(10-20-4-6-21-7-5-20)9-18-11-19-15-8-13(16)2-3-14(15)17/h2-3,15,18-19H,1,4-11H2. The first kappa shape index (κ1) is 17.0. The monoisotopic (exact) mass is 331 g/mol. The SMILES string of the molecule is C=C(CNCNC1CC(Cl)=CC=C1Cl)CN1CCOCC1. The number of nitrogens with zero attached hydrogens (tertiary/aromatic N) is 1. The Balaban J connectivity index is 1.58. The normalized spacial score (nSPS) is 23.6. The molecule has 0 radical (unpaired) electrons. The first-order valence-corrected chi connectivity index (χ1v) is 8.03. The van der Waals surface area contributed by atoms with Crippen molar-refractivity contribution in [2.24, 2.45) is 0 Å². The molecule has 0 bridgehead atoms. The van der Waals surface area contributed by atoms with Crippen molar-refractivity contribution in [2.45, 2.75) is 12.5 Å². The van der Waals surface area contributed by atoms with Crippen LogP contribution < -0.4 is 10.6 Å². The van der Waals surface area contributed by atoms with Gasteiger partial charge >= 0.3 is 0 Å². The molecule has 2 aliphatic rings. The Bertz CT molecular complexity index is 417. The van der Waals surface area contributed by atoms with Gasteiger partial charge < -0.3 is 10.1 Å². The van der Waals surface area contributed by atoms with Crippen LogP contribution in [0, 0.1) is 0 Å². The van der Waals surface area contributed by atoms with E-state index >= 15 is 0 Å². The van der Waals surface area contributed by atoms with Gasteiger partial charge in [-0.05, 0) is 17.7 Å². The second kappa shape index (κ2) is 8.93. The summed E-state index contributed by atoms with van der Waals surface area (Å²) in [6, 6.07) is 0.101. The molecule has 1 aliphatic heterocycles. The van der Waals surface area contributed by atoms with E-state index in [9.17, 15) is 0 Å². The van der Waals surface area contributed by atoms with Gasteiger partial charge in [-0.1, -0.05) is 29.8 Å². The molecule has 6 heteroatoms. The van der Waals surface area contributed by atoms with Gasteiger partial charge in [0.15, 0.2) is 0 Å². The van der Waals surface area contributed by atoms with Gasteiger partial charge in [-0.15, -0.1) is 0 Å². The first-order valence-electron chi connectivity index (χ1n) is 7.28. The molecule has 1 unspecified atom stereocenters. The van der Waals surface area contributed by atoms with Crippen molar-refractivity contribution in [2.75, 3.05) is 46.1 Å². The average Bonchev–Trinajstić information content (AvgIpc) is 2.48. The lowest BCUT2D eigenvalue weighted by atomic mass is 10.1. The highest BCUT2D eigenvalue weighted by Crippen LogP contribution is 2.23. The summed E-state index contributed by atoms with van der Waals surface area (Å²) in [5.74, 6) is 0. The minimum absolute atomic E-state index is 0.101. The Hall–Kier alpha value is -0.360. The highest BCUT2D eigenvalue weighted by Gasteiger charge is 2.16. The van der Waals surface area contributed by atoms with Gasteiger partial charge in [-0.3, -0.25) is 10.2 Å². The van der Waals surface area contributed by atoms with Crippen LogP contribution in [-0.2, 0) is 4.74 Å². The lowest BCUT2D eigenvalue weighted by molar-refractivity contribution is 0.0421. The maximum absolute atomic E-state index is 6.15. The number of hydrogen-bond acceptors (Lipinski definition) is 4. The zero-order chi connectivity index (χ0) is 15.1. The number of ether oxygens (including phenoxy) is 1. The molecule has 1 saturated heterocycles. The molecular weight excluding hydrogens is 309 g/mol. The van der Waals surface area contributed by atoms with Crippen molar-refractivity contribution >= 4 is 23.2 Å². The van der Waals surface area contributed by atoms with E-state index in [1.807, 2.05) is 12.2 Å². The fourth-order valence-corrected chi connectivity index (χ4v) is 2.82. The van der Waals surface area contributed by atoms with Crippen LogP contribution in [0.15, 0.2) is 34.4 Å². The van der Waals surface area contributed by atoms with E-state index in [0.29, 0.717) is 6.67 Å². The summed E-state index contributed by atoms with van der Waals surface area (Å²) in [4.78, 5) is 2.37. The molecule has 1 atom stereocenters. The third kappa shape index (κ3) is 6.10. The van der Waals surface area contributed by atoms with Gasteiger partial charge in [0.1, 0.15) is 0 Å². The molecule has 0 spiro atoms. The molecule has 1 heterocycles. The molecule has 2 N–H and O–H groups in total. The number of morpholine rings is 1. The van der Waals surface area contributed by atoms with E-state index in [1.54, 1.807) is 0 Å². The maximum Gasteiger partial charge on any atom is 0.0594 e. The van der Waals surface area contributed by atoms with Crippen LogP contribution in [-0.4, -0.2) is 57.0 Å². The topological polar surface area (TPSA) is 36.5 Å². The van der Waals surface area contributed by atoms with Crippen LogP contribution in [0.1, 0.15) is 6.42 Å². The number of allylic oxidation sites excluding steroid dienone is 2. The summed E-state index contributed by atoms with van der Waals surface area (Å²) in [6.45, 7) is 10.1. The second-order valence-electron chi connectivity index (χ2n) is 5.37. The fraction of sp³-hybridized carbons (Fsp3) is 0.600. The second-order valence-corrected chi connectivity index (χ2v) is 6.29. The number of rotatable bonds is 7. The lowest BCUT2D eigenvalue weighted by Crippen LogP contribution is -2.41. The van der Waals surface area contributed by atoms with Crippen molar-refractivity contribution in [3.8, 4) is 0 Å². The third-order valence-electron chi connectivity index (χ3n) is 3.55. The molecule has 0 aromatic carbocycles. The fourth-order valence-electron chi connectivity index (χ4n) is 2.38. The summed E-state index contributed by atoms with van der Waals surface area (Å²) in [6.07, 6.45) is 4.44. The van der Waals surface area contributed by atoms with Gasteiger partial charge in [-0.2, -0.15) is 0 Å². The zero-order valence-corrected chi connectivity index (χ0v) is 13.7. The van der Waals surface area contributed by atoms with Crippen molar-refractivity contribution in [1.82, 2.24) is 15.5 Å². The number of nitrogens with one attached hydrogen (secondary N) is 2. The number of halogens is 2. The summed E-state index contributed by atoms with van der Waals surface area (Å²) in [7, 11) is 0. The summed E-state index contributed by atoms with van der Waals surface area (Å²) < 4.78 is 5.34. The van der Waals surface area contributed by atoms with Crippen LogP contribution >= 0.6 is 23.2 Å². The predicted molar refractivity (Wildman–Crippen MR) is 88.7 cm³/mol. The Morgan fingerprint density at radius 1 is 1.33 bits per heavy atom. The molecule has 4 nitrogen and oxygen atoms in total. The predicted octanol–water partition coefficient (Wildman–Crippen LogP) is 2.03. The maximum atomic E-state index is 6.15. The van der Waals surface area contributed by atoms with E-state index in [4.69, 9.17) is 27.9 Å². The van der Waals surface area contributed by atoms with Crippen LogP contribution in [0.3, 0.4) is 0 Å². The summed E-state index contributed by atoms with van der Waals surface area (Å²) in [5, 5.41) is 8.32. The quantitative estimate of drug-likeness (QED) is 0.425. The Labute approximate surface area is 136 Å². The number of hydrogen-bond donors (Lipinski definition) is 2. The molecule has 1 fully saturated rings. The highest BCUT2D eigenvalue weighted by atomic mass is 35.5. The van der Waals surface area contributed by atoms with E-state index in [-0.39, 0.29) is 6.04 Å². The molecule has 0 aromatic heterocycles. The van der Waals surface area contributed by atoms with Crippen LogP contribution in [0.5, 0.6) is 0 Å². The van der Waals surface area contributed by atoms with Crippen molar-refractivity contribution in [3.05, 3.63) is 34.4 Å². The minimum atomic E-state index is 0.101. The molecule has 0 aromatic rings. The third-order valence-corrected chi connectivity index (χ3v) is 4.22. The van der Waals surface area contributed by atoms with Crippen LogP contribution in [0.4, 0.5) is 0 Å². The average molecular weight is 332 g/mol. The Kier molecular flexibility index (Phi) is 7.23. The minimum Gasteiger partial charge on any atom is -0.379 e. The smallest absolute Gasteiger partial charge is 0.0594 e. The molecule has 0 amide bonds. The summed E-state index contributed by atoms with van der Waals surface area (Å²) >= 11 is 12.2. The Morgan fingerprint density at radius 3 is 2.86 bits per heavy atom. The van der Waals surface area contributed by atoms with Crippen LogP contribution in [0.25, 0.3) is 0 Å². The molecule has 0 saturated carbocycles. The van der Waals surface area contributed by atoms with Crippen molar-refractivity contribution < 1.29 is 4.74 Å².